The molecule has 0 amide bonds. The minimum Gasteiger partial charge on any atom is -0.273 e. The van der Waals surface area contributed by atoms with Crippen LogP contribution in [0.5, 0.6) is 0 Å². The van der Waals surface area contributed by atoms with Crippen molar-refractivity contribution in [1.29, 1.82) is 0 Å². The van der Waals surface area contributed by atoms with E-state index in [1.807, 2.05) is 31.8 Å². The van der Waals surface area contributed by atoms with Crippen molar-refractivity contribution < 1.29 is 4.39 Å². The smallest absolute Gasteiger partial charge is 0.151 e. The van der Waals surface area contributed by atoms with Gasteiger partial charge in [-0.05, 0) is 32.4 Å². The predicted molar refractivity (Wildman–Crippen MR) is 90.4 cm³/mol. The third-order valence-corrected chi connectivity index (χ3v) is 4.68. The molecule has 8 heteroatoms. The maximum absolute atomic E-state index is 14.2. The highest BCUT2D eigenvalue weighted by atomic mass is 19.1. The summed E-state index contributed by atoms with van der Waals surface area (Å²) in [6.07, 6.45) is 2.66. The molecule has 3 heterocycles. The number of benzene rings is 1. The summed E-state index contributed by atoms with van der Waals surface area (Å²) < 4.78 is 17.7. The fraction of sp³-hybridized carbons (Fsp3) is 0.353. The summed E-state index contributed by atoms with van der Waals surface area (Å²) in [5.41, 5.74) is 9.23. The molecule has 0 aliphatic carbocycles. The molecule has 1 aliphatic rings. The Morgan fingerprint density at radius 3 is 2.64 bits per heavy atom. The minimum absolute atomic E-state index is 0.0783. The molecule has 1 aliphatic heterocycles. The van der Waals surface area contributed by atoms with Crippen molar-refractivity contribution >= 4 is 0 Å². The first-order valence-corrected chi connectivity index (χ1v) is 8.22. The van der Waals surface area contributed by atoms with E-state index in [4.69, 9.17) is 0 Å². The summed E-state index contributed by atoms with van der Waals surface area (Å²) in [5.74, 6) is 0.986. The highest BCUT2D eigenvalue weighted by Crippen LogP contribution is 2.32. The molecule has 25 heavy (non-hydrogen) atoms. The average Bonchev–Trinajstić information content (AvgIpc) is 3.28. The lowest BCUT2D eigenvalue weighted by Gasteiger charge is -2.11. The van der Waals surface area contributed by atoms with Gasteiger partial charge < -0.3 is 0 Å². The van der Waals surface area contributed by atoms with Crippen LogP contribution in [0.25, 0.3) is 5.69 Å². The fourth-order valence-corrected chi connectivity index (χ4v) is 3.24. The van der Waals surface area contributed by atoms with Crippen molar-refractivity contribution in [3.63, 3.8) is 0 Å². The lowest BCUT2D eigenvalue weighted by atomic mass is 10.0. The Morgan fingerprint density at radius 1 is 1.16 bits per heavy atom. The minimum atomic E-state index is -0.320. The van der Waals surface area contributed by atoms with Crippen LogP contribution < -0.4 is 10.9 Å². The highest BCUT2D eigenvalue weighted by molar-refractivity contribution is 5.34. The fourth-order valence-electron chi connectivity index (χ4n) is 3.24. The molecule has 2 N–H and O–H groups in total. The molecule has 4 rings (SSSR count). The summed E-state index contributed by atoms with van der Waals surface area (Å²) >= 11 is 0. The summed E-state index contributed by atoms with van der Waals surface area (Å²) in [7, 11) is 1.93. The Bertz CT molecular complexity index is 914. The van der Waals surface area contributed by atoms with Gasteiger partial charge in [-0.2, -0.15) is 10.2 Å². The Kier molecular flexibility index (Phi) is 3.85. The number of nitrogens with zero attached hydrogens (tertiary/aromatic N) is 5. The number of halogens is 1. The van der Waals surface area contributed by atoms with Crippen LogP contribution in [0.1, 0.15) is 41.4 Å². The van der Waals surface area contributed by atoms with Crippen LogP contribution >= 0.6 is 0 Å². The lowest BCUT2D eigenvalue weighted by Crippen LogP contribution is -2.28. The van der Waals surface area contributed by atoms with Crippen molar-refractivity contribution in [1.82, 2.24) is 35.4 Å². The molecule has 1 saturated heterocycles. The van der Waals surface area contributed by atoms with Crippen LogP contribution in [-0.4, -0.2) is 24.5 Å². The number of nitrogens with one attached hydrogen (secondary N) is 2. The average molecular weight is 341 g/mol. The van der Waals surface area contributed by atoms with E-state index in [1.165, 1.54) is 6.07 Å². The van der Waals surface area contributed by atoms with E-state index < -0.39 is 0 Å². The quantitative estimate of drug-likeness (QED) is 0.763. The maximum atomic E-state index is 14.2. The van der Waals surface area contributed by atoms with Gasteiger partial charge in [0, 0.05) is 18.3 Å². The molecule has 1 fully saturated rings. The predicted octanol–water partition coefficient (Wildman–Crippen LogP) is 2.04. The van der Waals surface area contributed by atoms with Gasteiger partial charge in [0.15, 0.2) is 5.82 Å². The van der Waals surface area contributed by atoms with E-state index in [-0.39, 0.29) is 17.9 Å². The van der Waals surface area contributed by atoms with Gasteiger partial charge in [-0.3, -0.25) is 4.68 Å². The molecule has 0 saturated carbocycles. The number of rotatable bonds is 3. The first-order chi connectivity index (χ1) is 12.0. The third-order valence-electron chi connectivity index (χ3n) is 4.68. The summed E-state index contributed by atoms with van der Waals surface area (Å²) in [5, 5.41) is 8.69. The second kappa shape index (κ2) is 6.05. The van der Waals surface area contributed by atoms with E-state index in [2.05, 4.69) is 26.0 Å². The van der Waals surface area contributed by atoms with Crippen molar-refractivity contribution in [2.75, 3.05) is 0 Å². The van der Waals surface area contributed by atoms with Crippen LogP contribution in [0.3, 0.4) is 0 Å². The standard InChI is InChI=1S/C17H20FN7/c1-10-12(9-19-24(10)3)14-8-15(22-21-14)17-20-11(2)23-25(17)16-7-5-4-6-13(16)18/h4-7,9,14-15,21-22H,8H2,1-3H3. The van der Waals surface area contributed by atoms with Crippen molar-refractivity contribution in [3.8, 4) is 5.69 Å². The topological polar surface area (TPSA) is 72.6 Å². The SMILES string of the molecule is Cc1nc(C2CC(c3cnn(C)c3C)NN2)n(-c2ccccc2F)n1. The zero-order valence-electron chi connectivity index (χ0n) is 14.4. The molecular weight excluding hydrogens is 321 g/mol. The van der Waals surface area contributed by atoms with Crippen molar-refractivity contribution in [2.45, 2.75) is 32.4 Å². The van der Waals surface area contributed by atoms with Gasteiger partial charge in [0.05, 0.1) is 18.3 Å². The molecule has 2 atom stereocenters. The van der Waals surface area contributed by atoms with E-state index in [1.54, 1.807) is 22.9 Å². The Balaban J connectivity index is 1.66. The van der Waals surface area contributed by atoms with Crippen molar-refractivity contribution in [2.24, 2.45) is 7.05 Å². The van der Waals surface area contributed by atoms with Crippen LogP contribution in [-0.2, 0) is 7.05 Å². The molecule has 0 radical (unpaired) electrons. The molecule has 130 valence electrons. The van der Waals surface area contributed by atoms with E-state index in [0.29, 0.717) is 17.3 Å². The lowest BCUT2D eigenvalue weighted by molar-refractivity contribution is 0.525. The zero-order chi connectivity index (χ0) is 17.6. The Labute approximate surface area is 144 Å². The Hall–Kier alpha value is -2.58. The van der Waals surface area contributed by atoms with Gasteiger partial charge in [-0.25, -0.2) is 24.9 Å². The summed E-state index contributed by atoms with van der Waals surface area (Å²) in [6, 6.07) is 6.63. The number of hydrogen-bond acceptors (Lipinski definition) is 5. The Morgan fingerprint density at radius 2 is 1.92 bits per heavy atom. The molecule has 7 nitrogen and oxygen atoms in total. The molecule has 0 spiro atoms. The largest absolute Gasteiger partial charge is 0.273 e. The van der Waals surface area contributed by atoms with Gasteiger partial charge >= 0.3 is 0 Å². The number of para-hydroxylation sites is 1. The number of hydrazine groups is 1. The van der Waals surface area contributed by atoms with Crippen LogP contribution in [0.2, 0.25) is 0 Å². The molecule has 2 aromatic heterocycles. The molecular formula is C17H20FN7. The van der Waals surface area contributed by atoms with Crippen LogP contribution in [0, 0.1) is 19.7 Å². The number of aryl methyl sites for hydroxylation is 2. The summed E-state index contributed by atoms with van der Waals surface area (Å²) in [6.45, 7) is 3.86. The molecule has 0 bridgehead atoms. The van der Waals surface area contributed by atoms with E-state index >= 15 is 0 Å². The van der Waals surface area contributed by atoms with Gasteiger partial charge in [-0.1, -0.05) is 12.1 Å². The summed E-state index contributed by atoms with van der Waals surface area (Å²) in [4.78, 5) is 4.53. The van der Waals surface area contributed by atoms with E-state index in [0.717, 1.165) is 17.7 Å². The maximum Gasteiger partial charge on any atom is 0.151 e. The molecule has 3 aromatic rings. The first-order valence-electron chi connectivity index (χ1n) is 8.22. The van der Waals surface area contributed by atoms with E-state index in [9.17, 15) is 4.39 Å². The first kappa shape index (κ1) is 15.9. The van der Waals surface area contributed by atoms with Crippen molar-refractivity contribution in [3.05, 3.63) is 59.2 Å². The van der Waals surface area contributed by atoms with Crippen LogP contribution in [0.15, 0.2) is 30.5 Å². The number of aromatic nitrogens is 5. The molecule has 2 unspecified atom stereocenters. The van der Waals surface area contributed by atoms with Gasteiger partial charge in [-0.15, -0.1) is 0 Å². The molecule has 1 aromatic carbocycles. The monoisotopic (exact) mass is 341 g/mol. The van der Waals surface area contributed by atoms with Gasteiger partial charge in [0.25, 0.3) is 0 Å². The van der Waals surface area contributed by atoms with Gasteiger partial charge in [0.2, 0.25) is 0 Å². The number of hydrogen-bond donors (Lipinski definition) is 2. The zero-order valence-corrected chi connectivity index (χ0v) is 14.4. The third kappa shape index (κ3) is 2.73. The van der Waals surface area contributed by atoms with Crippen LogP contribution in [0.4, 0.5) is 4.39 Å². The second-order valence-electron chi connectivity index (χ2n) is 6.32. The normalized spacial score (nSPS) is 20.3. The van der Waals surface area contributed by atoms with Gasteiger partial charge in [0.1, 0.15) is 17.3 Å². The highest BCUT2D eigenvalue weighted by Gasteiger charge is 2.32. The second-order valence-corrected chi connectivity index (χ2v) is 6.32.